The number of nitro groups is 1. The Morgan fingerprint density at radius 2 is 2.00 bits per heavy atom. The molecule has 0 atom stereocenters. The quantitative estimate of drug-likeness (QED) is 0.329. The predicted octanol–water partition coefficient (Wildman–Crippen LogP) is 4.74. The Morgan fingerprint density at radius 3 is 2.66 bits per heavy atom. The second kappa shape index (κ2) is 8.81. The van der Waals surface area contributed by atoms with E-state index in [-0.39, 0.29) is 17.3 Å². The highest BCUT2D eigenvalue weighted by atomic mass is 35.5. The zero-order chi connectivity index (χ0) is 21.1. The Kier molecular flexibility index (Phi) is 6.41. The zero-order valence-electron chi connectivity index (χ0n) is 15.3. The average molecular weight is 452 g/mol. The van der Waals surface area contributed by atoms with Crippen molar-refractivity contribution in [3.63, 3.8) is 0 Å². The lowest BCUT2D eigenvalue weighted by molar-refractivity contribution is -0.384. The Bertz CT molecular complexity index is 1100. The lowest BCUT2D eigenvalue weighted by Crippen LogP contribution is -2.15. The zero-order valence-corrected chi connectivity index (χ0v) is 17.7. The number of nitrogens with one attached hydrogen (secondary N) is 1. The van der Waals surface area contributed by atoms with Gasteiger partial charge in [0.25, 0.3) is 5.69 Å². The van der Waals surface area contributed by atoms with Gasteiger partial charge in [0.2, 0.25) is 5.91 Å². The van der Waals surface area contributed by atoms with Gasteiger partial charge in [-0.2, -0.15) is 0 Å². The van der Waals surface area contributed by atoms with Crippen LogP contribution >= 0.6 is 35.0 Å². The van der Waals surface area contributed by atoms with E-state index in [1.807, 2.05) is 0 Å². The number of benzene rings is 2. The number of aryl methyl sites for hydroxylation is 1. The van der Waals surface area contributed by atoms with Crippen molar-refractivity contribution < 1.29 is 9.72 Å². The molecule has 3 aromatic rings. The van der Waals surface area contributed by atoms with Gasteiger partial charge in [-0.1, -0.05) is 35.0 Å². The number of carbonyl (C=O) groups is 1. The topological polar surface area (TPSA) is 103 Å². The van der Waals surface area contributed by atoms with E-state index >= 15 is 0 Å². The first-order valence-electron chi connectivity index (χ1n) is 8.28. The summed E-state index contributed by atoms with van der Waals surface area (Å²) in [5.41, 5.74) is 1.79. The molecule has 0 spiro atoms. The number of hydrogen-bond donors (Lipinski definition) is 1. The maximum absolute atomic E-state index is 12.3. The molecule has 1 aromatic heterocycles. The van der Waals surface area contributed by atoms with Crippen LogP contribution in [-0.2, 0) is 11.8 Å². The number of thioether (sulfide) groups is 1. The predicted molar refractivity (Wildman–Crippen MR) is 114 cm³/mol. The standard InChI is InChI=1S/C18H15Cl2N5O3S/c1-10-7-12(25(27)28)4-6-15(10)21-16(26)9-29-18-23-22-17(24(18)2)13-5-3-11(19)8-14(13)20/h3-8H,9H2,1-2H3,(H,21,26). The number of aromatic nitrogens is 3. The van der Waals surface area contributed by atoms with Crippen molar-refractivity contribution in [2.24, 2.45) is 7.05 Å². The average Bonchev–Trinajstić information content (AvgIpc) is 3.02. The number of nitro benzene ring substituents is 1. The fourth-order valence-electron chi connectivity index (χ4n) is 2.56. The van der Waals surface area contributed by atoms with E-state index < -0.39 is 4.92 Å². The van der Waals surface area contributed by atoms with E-state index in [9.17, 15) is 14.9 Å². The summed E-state index contributed by atoms with van der Waals surface area (Å²) in [4.78, 5) is 22.6. The van der Waals surface area contributed by atoms with Crippen molar-refractivity contribution in [3.05, 3.63) is 62.1 Å². The fourth-order valence-corrected chi connectivity index (χ4v) is 3.77. The molecule has 2 aromatic carbocycles. The minimum absolute atomic E-state index is 0.0256. The monoisotopic (exact) mass is 451 g/mol. The SMILES string of the molecule is Cc1cc([N+](=O)[O-])ccc1NC(=O)CSc1nnc(-c2ccc(Cl)cc2Cl)n1C. The Hall–Kier alpha value is -2.62. The van der Waals surface area contributed by atoms with Crippen molar-refractivity contribution >= 4 is 52.2 Å². The molecule has 0 fully saturated rings. The number of nitrogens with zero attached hydrogens (tertiary/aromatic N) is 4. The molecule has 1 amide bonds. The summed E-state index contributed by atoms with van der Waals surface area (Å²) in [6.45, 7) is 1.70. The van der Waals surface area contributed by atoms with E-state index in [1.165, 1.54) is 30.0 Å². The molecular formula is C18H15Cl2N5O3S. The third kappa shape index (κ3) is 4.87. The summed E-state index contributed by atoms with van der Waals surface area (Å²) < 4.78 is 1.74. The smallest absolute Gasteiger partial charge is 0.269 e. The lowest BCUT2D eigenvalue weighted by Gasteiger charge is -2.08. The summed E-state index contributed by atoms with van der Waals surface area (Å²) in [5, 5.41) is 23.3. The molecular weight excluding hydrogens is 437 g/mol. The molecule has 150 valence electrons. The van der Waals surface area contributed by atoms with Gasteiger partial charge in [0, 0.05) is 35.5 Å². The van der Waals surface area contributed by atoms with Crippen LogP contribution in [0.2, 0.25) is 10.0 Å². The van der Waals surface area contributed by atoms with Gasteiger partial charge in [-0.25, -0.2) is 0 Å². The molecule has 0 saturated heterocycles. The lowest BCUT2D eigenvalue weighted by atomic mass is 10.2. The molecule has 1 heterocycles. The molecule has 0 aliphatic heterocycles. The number of amides is 1. The van der Waals surface area contributed by atoms with Gasteiger partial charge in [-0.3, -0.25) is 14.9 Å². The molecule has 0 unspecified atom stereocenters. The molecule has 0 aliphatic carbocycles. The Labute approximate surface area is 180 Å². The van der Waals surface area contributed by atoms with Gasteiger partial charge >= 0.3 is 0 Å². The molecule has 8 nitrogen and oxygen atoms in total. The van der Waals surface area contributed by atoms with E-state index in [4.69, 9.17) is 23.2 Å². The fraction of sp³-hybridized carbons (Fsp3) is 0.167. The van der Waals surface area contributed by atoms with Crippen LogP contribution in [0.1, 0.15) is 5.56 Å². The van der Waals surface area contributed by atoms with Crippen LogP contribution in [0.15, 0.2) is 41.6 Å². The molecule has 0 bridgehead atoms. The summed E-state index contributed by atoms with van der Waals surface area (Å²) >= 11 is 13.4. The third-order valence-electron chi connectivity index (χ3n) is 4.03. The van der Waals surface area contributed by atoms with Crippen LogP contribution < -0.4 is 5.32 Å². The number of non-ortho nitro benzene ring substituents is 1. The van der Waals surface area contributed by atoms with Crippen LogP contribution in [0.4, 0.5) is 11.4 Å². The summed E-state index contributed by atoms with van der Waals surface area (Å²) in [7, 11) is 1.78. The second-order valence-corrected chi connectivity index (χ2v) is 7.87. The van der Waals surface area contributed by atoms with Gasteiger partial charge < -0.3 is 9.88 Å². The van der Waals surface area contributed by atoms with Crippen LogP contribution in [0.3, 0.4) is 0 Å². The van der Waals surface area contributed by atoms with Gasteiger partial charge in [-0.05, 0) is 36.8 Å². The maximum Gasteiger partial charge on any atom is 0.269 e. The molecule has 1 N–H and O–H groups in total. The Morgan fingerprint density at radius 1 is 1.24 bits per heavy atom. The molecule has 0 aliphatic rings. The van der Waals surface area contributed by atoms with Gasteiger partial charge in [-0.15, -0.1) is 10.2 Å². The van der Waals surface area contributed by atoms with Crippen LogP contribution in [0.25, 0.3) is 11.4 Å². The van der Waals surface area contributed by atoms with Crippen LogP contribution in [-0.4, -0.2) is 31.3 Å². The van der Waals surface area contributed by atoms with Crippen LogP contribution in [0, 0.1) is 17.0 Å². The van der Waals surface area contributed by atoms with Crippen LogP contribution in [0.5, 0.6) is 0 Å². The summed E-state index contributed by atoms with van der Waals surface area (Å²) in [5.74, 6) is 0.387. The number of rotatable bonds is 6. The van der Waals surface area contributed by atoms with Gasteiger partial charge in [0.1, 0.15) is 0 Å². The van der Waals surface area contributed by atoms with Crippen molar-refractivity contribution in [2.75, 3.05) is 11.1 Å². The minimum atomic E-state index is -0.479. The molecule has 29 heavy (non-hydrogen) atoms. The highest BCUT2D eigenvalue weighted by Gasteiger charge is 2.16. The first-order chi connectivity index (χ1) is 13.8. The van der Waals surface area contributed by atoms with E-state index in [2.05, 4.69) is 15.5 Å². The minimum Gasteiger partial charge on any atom is -0.325 e. The first-order valence-corrected chi connectivity index (χ1v) is 10.0. The van der Waals surface area contributed by atoms with E-state index in [1.54, 1.807) is 36.7 Å². The van der Waals surface area contributed by atoms with Gasteiger partial charge in [0.05, 0.1) is 15.7 Å². The number of hydrogen-bond acceptors (Lipinski definition) is 6. The first kappa shape index (κ1) is 21.1. The largest absolute Gasteiger partial charge is 0.325 e. The van der Waals surface area contributed by atoms with Crippen molar-refractivity contribution in [3.8, 4) is 11.4 Å². The highest BCUT2D eigenvalue weighted by molar-refractivity contribution is 7.99. The van der Waals surface area contributed by atoms with Gasteiger partial charge in [0.15, 0.2) is 11.0 Å². The van der Waals surface area contributed by atoms with Crippen molar-refractivity contribution in [1.29, 1.82) is 0 Å². The number of anilines is 1. The highest BCUT2D eigenvalue weighted by Crippen LogP contribution is 2.30. The summed E-state index contributed by atoms with van der Waals surface area (Å²) in [6.07, 6.45) is 0. The van der Waals surface area contributed by atoms with Crippen molar-refractivity contribution in [1.82, 2.24) is 14.8 Å². The van der Waals surface area contributed by atoms with E-state index in [0.29, 0.717) is 37.8 Å². The number of halogens is 2. The van der Waals surface area contributed by atoms with Crippen molar-refractivity contribution in [2.45, 2.75) is 12.1 Å². The third-order valence-corrected chi connectivity index (χ3v) is 5.60. The molecule has 3 rings (SSSR count). The number of carbonyl (C=O) groups excluding carboxylic acids is 1. The Balaban J connectivity index is 1.67. The van der Waals surface area contributed by atoms with E-state index in [0.717, 1.165) is 0 Å². The molecule has 11 heteroatoms. The maximum atomic E-state index is 12.3. The molecule has 0 saturated carbocycles. The molecule has 0 radical (unpaired) electrons. The summed E-state index contributed by atoms with van der Waals surface area (Å²) in [6, 6.07) is 9.37. The second-order valence-electron chi connectivity index (χ2n) is 6.08. The normalized spacial score (nSPS) is 10.8.